The van der Waals surface area contributed by atoms with E-state index in [1.54, 1.807) is 0 Å². The van der Waals surface area contributed by atoms with E-state index in [1.807, 2.05) is 0 Å². The van der Waals surface area contributed by atoms with Crippen LogP contribution in [0.3, 0.4) is 0 Å². The smallest absolute Gasteiger partial charge is 0.0136 e. The Balaban J connectivity index is 2.67. The van der Waals surface area contributed by atoms with Crippen LogP contribution in [0.4, 0.5) is 0 Å². The van der Waals surface area contributed by atoms with Gasteiger partial charge in [-0.3, -0.25) is 0 Å². The Kier molecular flexibility index (Phi) is 8.60. The summed E-state index contributed by atoms with van der Waals surface area (Å²) in [5.41, 5.74) is 1.46. The van der Waals surface area contributed by atoms with Gasteiger partial charge < -0.3 is 5.32 Å². The average molecular weight is 275 g/mol. The Bertz CT molecular complexity index is 333. The van der Waals surface area contributed by atoms with Crippen molar-refractivity contribution in [1.82, 2.24) is 5.32 Å². The summed E-state index contributed by atoms with van der Waals surface area (Å²) in [7, 11) is 0. The van der Waals surface area contributed by atoms with Crippen LogP contribution in [-0.4, -0.2) is 12.6 Å². The largest absolute Gasteiger partial charge is 0.314 e. The van der Waals surface area contributed by atoms with Crippen LogP contribution in [0.15, 0.2) is 30.3 Å². The van der Waals surface area contributed by atoms with Gasteiger partial charge in [-0.05, 0) is 30.4 Å². The van der Waals surface area contributed by atoms with Crippen molar-refractivity contribution in [2.24, 2.45) is 5.92 Å². The first-order chi connectivity index (χ1) is 9.72. The van der Waals surface area contributed by atoms with Crippen molar-refractivity contribution in [2.75, 3.05) is 6.54 Å². The number of likely N-dealkylation sites (N-methyl/N-ethyl adjacent to an activating group) is 1. The number of nitrogens with one attached hydrogen (secondary N) is 1. The number of hydrogen-bond donors (Lipinski definition) is 1. The predicted octanol–water partition coefficient (Wildman–Crippen LogP) is 5.37. The van der Waals surface area contributed by atoms with Crippen molar-refractivity contribution in [1.29, 1.82) is 0 Å². The molecule has 1 aromatic carbocycles. The highest BCUT2D eigenvalue weighted by atomic mass is 14.9. The molecule has 1 nitrogen and oxygen atoms in total. The summed E-state index contributed by atoms with van der Waals surface area (Å²) >= 11 is 0. The molecule has 0 heterocycles. The zero-order valence-corrected chi connectivity index (χ0v) is 13.9. The molecule has 1 N–H and O–H groups in total. The van der Waals surface area contributed by atoms with Crippen molar-refractivity contribution >= 4 is 0 Å². The van der Waals surface area contributed by atoms with Gasteiger partial charge in [0.1, 0.15) is 0 Å². The van der Waals surface area contributed by atoms with Crippen molar-refractivity contribution in [3.63, 3.8) is 0 Å². The Hall–Kier alpha value is -0.820. The molecule has 0 saturated carbocycles. The lowest BCUT2D eigenvalue weighted by Gasteiger charge is -2.29. The zero-order chi connectivity index (χ0) is 14.8. The summed E-state index contributed by atoms with van der Waals surface area (Å²) in [6.07, 6.45) is 6.69. The van der Waals surface area contributed by atoms with Crippen LogP contribution >= 0.6 is 0 Å². The Labute approximate surface area is 126 Å². The van der Waals surface area contributed by atoms with Gasteiger partial charge >= 0.3 is 0 Å². The van der Waals surface area contributed by atoms with E-state index in [4.69, 9.17) is 0 Å². The molecule has 0 radical (unpaired) electrons. The molecule has 0 aliphatic heterocycles. The monoisotopic (exact) mass is 275 g/mol. The minimum Gasteiger partial charge on any atom is -0.314 e. The molecule has 1 aromatic rings. The SMILES string of the molecule is CCCCC(CC)CC(NCC)C(C)c1ccccc1. The van der Waals surface area contributed by atoms with E-state index in [-0.39, 0.29) is 0 Å². The molecule has 3 atom stereocenters. The van der Waals surface area contributed by atoms with Crippen molar-refractivity contribution in [2.45, 2.75) is 71.8 Å². The summed E-state index contributed by atoms with van der Waals surface area (Å²) in [6, 6.07) is 11.6. The third-order valence-electron chi connectivity index (χ3n) is 4.53. The first kappa shape index (κ1) is 17.2. The van der Waals surface area contributed by atoms with Crippen LogP contribution in [0.1, 0.15) is 71.3 Å². The van der Waals surface area contributed by atoms with Crippen LogP contribution < -0.4 is 5.32 Å². The number of benzene rings is 1. The Morgan fingerprint density at radius 1 is 1.05 bits per heavy atom. The van der Waals surface area contributed by atoms with Gasteiger partial charge in [0.2, 0.25) is 0 Å². The van der Waals surface area contributed by atoms with E-state index in [9.17, 15) is 0 Å². The van der Waals surface area contributed by atoms with Crippen LogP contribution in [0.2, 0.25) is 0 Å². The summed E-state index contributed by atoms with van der Waals surface area (Å²) in [4.78, 5) is 0. The molecule has 20 heavy (non-hydrogen) atoms. The minimum absolute atomic E-state index is 0.590. The highest BCUT2D eigenvalue weighted by Crippen LogP contribution is 2.27. The van der Waals surface area contributed by atoms with E-state index < -0.39 is 0 Å². The number of hydrogen-bond acceptors (Lipinski definition) is 1. The Morgan fingerprint density at radius 3 is 2.30 bits per heavy atom. The van der Waals surface area contributed by atoms with E-state index in [1.165, 1.54) is 37.7 Å². The van der Waals surface area contributed by atoms with Gasteiger partial charge in [-0.25, -0.2) is 0 Å². The molecule has 0 aromatic heterocycles. The summed E-state index contributed by atoms with van der Waals surface area (Å²) in [5, 5.41) is 3.72. The molecule has 0 bridgehead atoms. The van der Waals surface area contributed by atoms with Gasteiger partial charge in [-0.1, -0.05) is 83.7 Å². The normalized spacial score (nSPS) is 15.8. The maximum Gasteiger partial charge on any atom is 0.0136 e. The fourth-order valence-corrected chi connectivity index (χ4v) is 3.06. The van der Waals surface area contributed by atoms with Crippen LogP contribution in [0.25, 0.3) is 0 Å². The molecule has 0 aliphatic carbocycles. The lowest BCUT2D eigenvalue weighted by molar-refractivity contribution is 0.326. The molecule has 0 fully saturated rings. The molecule has 3 unspecified atom stereocenters. The third kappa shape index (κ3) is 5.66. The first-order valence-electron chi connectivity index (χ1n) is 8.51. The summed E-state index contributed by atoms with van der Waals surface area (Å²) in [6.45, 7) is 10.3. The van der Waals surface area contributed by atoms with Crippen molar-refractivity contribution in [3.8, 4) is 0 Å². The molecule has 0 spiro atoms. The van der Waals surface area contributed by atoms with Gasteiger partial charge in [0.05, 0.1) is 0 Å². The third-order valence-corrected chi connectivity index (χ3v) is 4.53. The van der Waals surface area contributed by atoms with Gasteiger partial charge in [-0.15, -0.1) is 0 Å². The van der Waals surface area contributed by atoms with Gasteiger partial charge in [0.15, 0.2) is 0 Å². The van der Waals surface area contributed by atoms with Gasteiger partial charge in [-0.2, -0.15) is 0 Å². The highest BCUT2D eigenvalue weighted by Gasteiger charge is 2.21. The summed E-state index contributed by atoms with van der Waals surface area (Å²) < 4.78 is 0. The fourth-order valence-electron chi connectivity index (χ4n) is 3.06. The van der Waals surface area contributed by atoms with Crippen LogP contribution in [0.5, 0.6) is 0 Å². The van der Waals surface area contributed by atoms with E-state index in [2.05, 4.69) is 63.3 Å². The molecule has 1 rings (SSSR count). The summed E-state index contributed by atoms with van der Waals surface area (Å²) in [5.74, 6) is 1.46. The lowest BCUT2D eigenvalue weighted by atomic mass is 9.84. The lowest BCUT2D eigenvalue weighted by Crippen LogP contribution is -2.35. The minimum atomic E-state index is 0.590. The second kappa shape index (κ2) is 9.99. The van der Waals surface area contributed by atoms with Crippen LogP contribution in [0, 0.1) is 5.92 Å². The van der Waals surface area contributed by atoms with Crippen LogP contribution in [-0.2, 0) is 0 Å². The van der Waals surface area contributed by atoms with Crippen molar-refractivity contribution < 1.29 is 0 Å². The van der Waals surface area contributed by atoms with Gasteiger partial charge in [0.25, 0.3) is 0 Å². The van der Waals surface area contributed by atoms with Gasteiger partial charge in [0, 0.05) is 6.04 Å². The molecule has 0 aliphatic rings. The molecular weight excluding hydrogens is 242 g/mol. The maximum absolute atomic E-state index is 3.72. The molecule has 1 heteroatoms. The number of unbranched alkanes of at least 4 members (excludes halogenated alkanes) is 1. The zero-order valence-electron chi connectivity index (χ0n) is 13.9. The van der Waals surface area contributed by atoms with E-state index >= 15 is 0 Å². The van der Waals surface area contributed by atoms with E-state index in [0.29, 0.717) is 12.0 Å². The predicted molar refractivity (Wildman–Crippen MR) is 90.2 cm³/mol. The van der Waals surface area contributed by atoms with E-state index in [0.717, 1.165) is 12.5 Å². The Morgan fingerprint density at radius 2 is 1.75 bits per heavy atom. The molecular formula is C19H33N. The molecule has 0 amide bonds. The topological polar surface area (TPSA) is 12.0 Å². The molecule has 0 saturated heterocycles. The van der Waals surface area contributed by atoms with Crippen molar-refractivity contribution in [3.05, 3.63) is 35.9 Å². The maximum atomic E-state index is 3.72. The average Bonchev–Trinajstić information content (AvgIpc) is 2.50. The molecule has 114 valence electrons. The second-order valence-corrected chi connectivity index (χ2v) is 6.02. The quantitative estimate of drug-likeness (QED) is 0.605. The second-order valence-electron chi connectivity index (χ2n) is 6.02. The first-order valence-corrected chi connectivity index (χ1v) is 8.51. The number of rotatable bonds is 10. The standard InChI is InChI=1S/C19H33N/c1-5-8-12-17(6-2)15-19(20-7-3)16(4)18-13-10-9-11-14-18/h9-11,13-14,16-17,19-20H,5-8,12,15H2,1-4H3. The highest BCUT2D eigenvalue weighted by molar-refractivity contribution is 5.20. The fraction of sp³-hybridized carbons (Fsp3) is 0.684.